The van der Waals surface area contributed by atoms with E-state index < -0.39 is 11.0 Å². The molecule has 19 heavy (non-hydrogen) atoms. The van der Waals surface area contributed by atoms with Crippen LogP contribution in [-0.4, -0.2) is 10.7 Å². The predicted molar refractivity (Wildman–Crippen MR) is 74.5 cm³/mol. The van der Waals surface area contributed by atoms with Crippen LogP contribution in [0, 0.1) is 22.7 Å². The number of nitriles is 1. The van der Waals surface area contributed by atoms with Crippen LogP contribution in [0.2, 0.25) is 0 Å². The van der Waals surface area contributed by atoms with Gasteiger partial charge in [0, 0.05) is 0 Å². The van der Waals surface area contributed by atoms with Crippen molar-refractivity contribution in [1.29, 1.82) is 5.26 Å². The highest BCUT2D eigenvalue weighted by Gasteiger charge is 2.56. The Hall–Kier alpha value is -1.33. The predicted octanol–water partition coefficient (Wildman–Crippen LogP) is 3.24. The first-order chi connectivity index (χ1) is 9.11. The van der Waals surface area contributed by atoms with Gasteiger partial charge >= 0.3 is 0 Å². The minimum Gasteiger partial charge on any atom is -0.388 e. The molecule has 1 fully saturated rings. The van der Waals surface area contributed by atoms with E-state index in [-0.39, 0.29) is 5.92 Å². The molecule has 100 valence electrons. The lowest BCUT2D eigenvalue weighted by molar-refractivity contribution is -0.116. The van der Waals surface area contributed by atoms with Crippen molar-refractivity contribution < 1.29 is 5.11 Å². The second-order valence-corrected chi connectivity index (χ2v) is 6.39. The summed E-state index contributed by atoms with van der Waals surface area (Å²) in [7, 11) is 0. The van der Waals surface area contributed by atoms with Crippen LogP contribution in [0.1, 0.15) is 43.7 Å². The molecule has 1 N–H and O–H groups in total. The SMILES string of the molecule is CC1CCCCC1(O)C1(C#N)Cc2ccccc2C1. The van der Waals surface area contributed by atoms with Crippen molar-refractivity contribution in [2.24, 2.45) is 11.3 Å². The van der Waals surface area contributed by atoms with Crippen molar-refractivity contribution in [2.75, 3.05) is 0 Å². The summed E-state index contributed by atoms with van der Waals surface area (Å²) in [6.45, 7) is 2.11. The smallest absolute Gasteiger partial charge is 0.0943 e. The lowest BCUT2D eigenvalue weighted by atomic mass is 9.60. The summed E-state index contributed by atoms with van der Waals surface area (Å²) in [6.07, 6.45) is 5.45. The van der Waals surface area contributed by atoms with E-state index in [1.165, 1.54) is 17.5 Å². The Balaban J connectivity index is 2.01. The van der Waals surface area contributed by atoms with Gasteiger partial charge in [0.1, 0.15) is 0 Å². The van der Waals surface area contributed by atoms with Gasteiger partial charge in [0.05, 0.1) is 17.1 Å². The number of hydrogen-bond donors (Lipinski definition) is 1. The molecule has 2 aliphatic carbocycles. The van der Waals surface area contributed by atoms with Crippen LogP contribution < -0.4 is 0 Å². The molecule has 0 bridgehead atoms. The lowest BCUT2D eigenvalue weighted by Gasteiger charge is -2.47. The van der Waals surface area contributed by atoms with E-state index in [0.29, 0.717) is 12.8 Å². The molecule has 0 saturated heterocycles. The molecule has 2 nitrogen and oxygen atoms in total. The fourth-order valence-corrected chi connectivity index (χ4v) is 4.14. The number of rotatable bonds is 1. The number of nitrogens with zero attached hydrogens (tertiary/aromatic N) is 1. The molecule has 0 aromatic heterocycles. The van der Waals surface area contributed by atoms with Gasteiger partial charge in [0.15, 0.2) is 0 Å². The van der Waals surface area contributed by atoms with Crippen molar-refractivity contribution in [3.05, 3.63) is 35.4 Å². The van der Waals surface area contributed by atoms with Crippen molar-refractivity contribution in [1.82, 2.24) is 0 Å². The topological polar surface area (TPSA) is 44.0 Å². The largest absolute Gasteiger partial charge is 0.388 e. The van der Waals surface area contributed by atoms with E-state index in [1.807, 2.05) is 12.1 Å². The van der Waals surface area contributed by atoms with Gasteiger partial charge in [-0.3, -0.25) is 0 Å². The summed E-state index contributed by atoms with van der Waals surface area (Å²) in [4.78, 5) is 0. The van der Waals surface area contributed by atoms with Gasteiger partial charge in [0.25, 0.3) is 0 Å². The van der Waals surface area contributed by atoms with Gasteiger partial charge < -0.3 is 5.11 Å². The van der Waals surface area contributed by atoms with Crippen molar-refractivity contribution in [2.45, 2.75) is 51.0 Å². The minimum atomic E-state index is -0.820. The summed E-state index contributed by atoms with van der Waals surface area (Å²) in [5.74, 6) is 0.218. The van der Waals surface area contributed by atoms with E-state index in [0.717, 1.165) is 19.3 Å². The third-order valence-electron chi connectivity index (χ3n) is 5.41. The second-order valence-electron chi connectivity index (χ2n) is 6.39. The molecule has 2 unspecified atom stereocenters. The molecule has 2 heteroatoms. The Morgan fingerprint density at radius 1 is 1.21 bits per heavy atom. The molecule has 0 spiro atoms. The van der Waals surface area contributed by atoms with Crippen LogP contribution in [0.5, 0.6) is 0 Å². The van der Waals surface area contributed by atoms with Gasteiger partial charge in [-0.25, -0.2) is 0 Å². The van der Waals surface area contributed by atoms with Crippen molar-refractivity contribution >= 4 is 0 Å². The first-order valence-corrected chi connectivity index (χ1v) is 7.32. The molecular weight excluding hydrogens is 234 g/mol. The maximum absolute atomic E-state index is 11.2. The normalized spacial score (nSPS) is 32.6. The third-order valence-corrected chi connectivity index (χ3v) is 5.41. The van der Waals surface area contributed by atoms with E-state index >= 15 is 0 Å². The average molecular weight is 255 g/mol. The Labute approximate surface area is 115 Å². The quantitative estimate of drug-likeness (QED) is 0.837. The minimum absolute atomic E-state index is 0.218. The molecule has 0 heterocycles. The van der Waals surface area contributed by atoms with Gasteiger partial charge in [0.2, 0.25) is 0 Å². The molecule has 0 radical (unpaired) electrons. The van der Waals surface area contributed by atoms with Crippen LogP contribution in [0.15, 0.2) is 24.3 Å². The monoisotopic (exact) mass is 255 g/mol. The van der Waals surface area contributed by atoms with Crippen molar-refractivity contribution in [3.63, 3.8) is 0 Å². The van der Waals surface area contributed by atoms with Gasteiger partial charge in [-0.05, 0) is 42.7 Å². The van der Waals surface area contributed by atoms with E-state index in [4.69, 9.17) is 0 Å². The van der Waals surface area contributed by atoms with Crippen LogP contribution in [-0.2, 0) is 12.8 Å². The molecule has 1 aromatic carbocycles. The maximum Gasteiger partial charge on any atom is 0.0943 e. The standard InChI is InChI=1S/C17H21NO/c1-13-6-4-5-9-17(13,19)16(12-18)10-14-7-2-3-8-15(14)11-16/h2-3,7-8,13,19H,4-6,9-11H2,1H3. The molecule has 2 aliphatic rings. The summed E-state index contributed by atoms with van der Waals surface area (Å²) in [6, 6.07) is 10.8. The molecular formula is C17H21NO. The lowest BCUT2D eigenvalue weighted by Crippen LogP contribution is -2.54. The van der Waals surface area contributed by atoms with Gasteiger partial charge in [-0.2, -0.15) is 5.26 Å². The second kappa shape index (κ2) is 4.35. The summed E-state index contributed by atoms with van der Waals surface area (Å²) in [5, 5.41) is 21.1. The van der Waals surface area contributed by atoms with Gasteiger partial charge in [-0.1, -0.05) is 44.0 Å². The molecule has 2 atom stereocenters. The molecule has 0 aliphatic heterocycles. The van der Waals surface area contributed by atoms with Crippen LogP contribution in [0.4, 0.5) is 0 Å². The Kier molecular flexibility index (Phi) is 2.91. The van der Waals surface area contributed by atoms with E-state index in [9.17, 15) is 10.4 Å². The molecule has 1 saturated carbocycles. The Bertz CT molecular complexity index is 505. The fourth-order valence-electron chi connectivity index (χ4n) is 4.14. The first kappa shape index (κ1) is 12.7. The molecule has 1 aromatic rings. The number of aliphatic hydroxyl groups is 1. The summed E-state index contributed by atoms with van der Waals surface area (Å²) < 4.78 is 0. The maximum atomic E-state index is 11.2. The average Bonchev–Trinajstić information content (AvgIpc) is 2.82. The van der Waals surface area contributed by atoms with Gasteiger partial charge in [-0.15, -0.1) is 0 Å². The van der Waals surface area contributed by atoms with Crippen LogP contribution in [0.3, 0.4) is 0 Å². The first-order valence-electron chi connectivity index (χ1n) is 7.32. The number of benzene rings is 1. The van der Waals surface area contributed by atoms with E-state index in [1.54, 1.807) is 0 Å². The Morgan fingerprint density at radius 2 is 1.84 bits per heavy atom. The third kappa shape index (κ3) is 1.72. The van der Waals surface area contributed by atoms with Crippen molar-refractivity contribution in [3.8, 4) is 6.07 Å². The number of hydrogen-bond acceptors (Lipinski definition) is 2. The summed E-state index contributed by atoms with van der Waals surface area (Å²) in [5.41, 5.74) is 1.06. The van der Waals surface area contributed by atoms with E-state index in [2.05, 4.69) is 25.1 Å². The zero-order chi connectivity index (χ0) is 13.5. The number of fused-ring (bicyclic) bond motifs is 1. The van der Waals surface area contributed by atoms with Crippen LogP contribution in [0.25, 0.3) is 0 Å². The molecule has 3 rings (SSSR count). The van der Waals surface area contributed by atoms with Crippen LogP contribution >= 0.6 is 0 Å². The summed E-state index contributed by atoms with van der Waals surface area (Å²) >= 11 is 0. The molecule has 0 amide bonds. The zero-order valence-corrected chi connectivity index (χ0v) is 11.5. The highest BCUT2D eigenvalue weighted by Crippen LogP contribution is 2.52. The highest BCUT2D eigenvalue weighted by atomic mass is 16.3. The highest BCUT2D eigenvalue weighted by molar-refractivity contribution is 5.39. The Morgan fingerprint density at radius 3 is 2.37 bits per heavy atom. The zero-order valence-electron chi connectivity index (χ0n) is 11.5. The fraction of sp³-hybridized carbons (Fsp3) is 0.588.